The molecule has 0 spiro atoms. The van der Waals surface area contributed by atoms with E-state index >= 15 is 0 Å². The van der Waals surface area contributed by atoms with Crippen LogP contribution in [0.25, 0.3) is 33.5 Å². The van der Waals surface area contributed by atoms with E-state index in [0.29, 0.717) is 17.4 Å². The molecule has 0 aliphatic carbocycles. The zero-order valence-corrected chi connectivity index (χ0v) is 21.7. The Labute approximate surface area is 224 Å². The molecule has 0 amide bonds. The second-order valence-corrected chi connectivity index (χ2v) is 9.19. The van der Waals surface area contributed by atoms with Crippen molar-refractivity contribution in [1.82, 2.24) is 30.2 Å². The minimum atomic E-state index is 0.0831. The highest BCUT2D eigenvalue weighted by atomic mass is 35.5. The molecule has 11 heteroatoms. The highest BCUT2D eigenvalue weighted by molar-refractivity contribution is 6.35. The minimum absolute atomic E-state index is 0.0831. The van der Waals surface area contributed by atoms with Gasteiger partial charge in [0.25, 0.3) is 0 Å². The number of aromatic amines is 1. The lowest BCUT2D eigenvalue weighted by Crippen LogP contribution is -2.33. The first-order valence-electron chi connectivity index (χ1n) is 12.1. The number of nitrogens with zero attached hydrogens (tertiary/aromatic N) is 8. The maximum absolute atomic E-state index is 8.89. The molecule has 0 radical (unpaired) electrons. The molecule has 2 aromatic heterocycles. The van der Waals surface area contributed by atoms with Gasteiger partial charge in [-0.3, -0.25) is 0 Å². The predicted molar refractivity (Wildman–Crippen MR) is 149 cm³/mol. The lowest BCUT2D eigenvalue weighted by molar-refractivity contribution is 0.722. The first-order valence-corrected chi connectivity index (χ1v) is 12.4. The van der Waals surface area contributed by atoms with Crippen LogP contribution in [0.4, 0.5) is 5.69 Å². The van der Waals surface area contributed by atoms with E-state index in [1.54, 1.807) is 24.2 Å². The summed E-state index contributed by atoms with van der Waals surface area (Å²) in [5.74, 6) is 1.66. The number of H-pyrrole nitrogens is 1. The van der Waals surface area contributed by atoms with E-state index < -0.39 is 0 Å². The first kappa shape index (κ1) is 24.9. The third kappa shape index (κ3) is 4.79. The number of aryl methyl sites for hydroxylation is 1. The molecule has 0 unspecified atom stereocenters. The minimum Gasteiger partial charge on any atom is -0.369 e. The lowest BCUT2D eigenvalue weighted by Gasteiger charge is -2.18. The molecule has 0 saturated heterocycles. The number of nitrogens with one attached hydrogen (secondary N) is 1. The SMILES string of the molecule is CCCc1nc2c(Cl)cc(N(C)C(N)=NC#N)cc2n1Cc1ccc(-c2ccccc2-c2nnn[nH]2)cc1. The van der Waals surface area contributed by atoms with Crippen molar-refractivity contribution in [2.75, 3.05) is 11.9 Å². The number of halogens is 1. The number of anilines is 1. The van der Waals surface area contributed by atoms with E-state index in [-0.39, 0.29) is 5.96 Å². The molecule has 0 fully saturated rings. The Kier molecular flexibility index (Phi) is 7.02. The van der Waals surface area contributed by atoms with Crippen LogP contribution in [-0.4, -0.2) is 43.2 Å². The van der Waals surface area contributed by atoms with Crippen LogP contribution < -0.4 is 10.6 Å². The zero-order valence-electron chi connectivity index (χ0n) is 20.9. The topological polar surface area (TPSA) is 138 Å². The summed E-state index contributed by atoms with van der Waals surface area (Å²) in [6, 6.07) is 20.2. The number of guanidine groups is 1. The Bertz CT molecular complexity index is 1650. The van der Waals surface area contributed by atoms with E-state index in [4.69, 9.17) is 27.6 Å². The van der Waals surface area contributed by atoms with Gasteiger partial charge in [-0.25, -0.2) is 10.1 Å². The van der Waals surface area contributed by atoms with Gasteiger partial charge in [-0.2, -0.15) is 5.26 Å². The Morgan fingerprint density at radius 3 is 2.61 bits per heavy atom. The van der Waals surface area contributed by atoms with Crippen LogP contribution >= 0.6 is 11.6 Å². The number of rotatable bonds is 7. The van der Waals surface area contributed by atoms with Gasteiger partial charge in [-0.05, 0) is 45.7 Å². The molecule has 190 valence electrons. The predicted octanol–water partition coefficient (Wildman–Crippen LogP) is 4.77. The lowest BCUT2D eigenvalue weighted by atomic mass is 9.98. The van der Waals surface area contributed by atoms with Crippen LogP contribution in [0.1, 0.15) is 24.7 Å². The molecule has 10 nitrogen and oxygen atoms in total. The summed E-state index contributed by atoms with van der Waals surface area (Å²) in [6.07, 6.45) is 3.48. The van der Waals surface area contributed by atoms with Gasteiger partial charge in [-0.15, -0.1) is 10.1 Å². The van der Waals surface area contributed by atoms with E-state index in [1.807, 2.05) is 24.3 Å². The van der Waals surface area contributed by atoms with Gasteiger partial charge in [0.05, 0.1) is 10.5 Å². The van der Waals surface area contributed by atoms with Crippen LogP contribution in [-0.2, 0) is 13.0 Å². The number of nitrogens with two attached hydrogens (primary N) is 1. The molecule has 5 aromatic rings. The van der Waals surface area contributed by atoms with Crippen LogP contribution in [0, 0.1) is 11.5 Å². The van der Waals surface area contributed by atoms with Gasteiger partial charge in [0, 0.05) is 31.3 Å². The number of imidazole rings is 1. The monoisotopic (exact) mass is 524 g/mol. The molecule has 0 saturated carbocycles. The van der Waals surface area contributed by atoms with E-state index in [0.717, 1.165) is 57.6 Å². The maximum Gasteiger partial charge on any atom is 0.211 e. The van der Waals surface area contributed by atoms with Gasteiger partial charge in [0.15, 0.2) is 5.82 Å². The number of hydrogen-bond donors (Lipinski definition) is 2. The zero-order chi connectivity index (χ0) is 26.6. The Hall–Kier alpha value is -4.75. The number of benzene rings is 3. The van der Waals surface area contributed by atoms with Gasteiger partial charge >= 0.3 is 0 Å². The van der Waals surface area contributed by atoms with Gasteiger partial charge in [0.2, 0.25) is 12.2 Å². The van der Waals surface area contributed by atoms with Crippen molar-refractivity contribution in [3.63, 3.8) is 0 Å². The van der Waals surface area contributed by atoms with Crippen molar-refractivity contribution >= 4 is 34.3 Å². The molecule has 2 heterocycles. The van der Waals surface area contributed by atoms with Crippen LogP contribution in [0.2, 0.25) is 5.02 Å². The van der Waals surface area contributed by atoms with Crippen molar-refractivity contribution in [2.24, 2.45) is 10.7 Å². The molecule has 0 aliphatic rings. The van der Waals surface area contributed by atoms with Crippen molar-refractivity contribution in [1.29, 1.82) is 5.26 Å². The molecular weight excluding hydrogens is 500 g/mol. The fourth-order valence-electron chi connectivity index (χ4n) is 4.45. The molecule has 3 aromatic carbocycles. The second kappa shape index (κ2) is 10.7. The summed E-state index contributed by atoms with van der Waals surface area (Å²) in [7, 11) is 1.74. The molecule has 0 atom stereocenters. The Morgan fingerprint density at radius 1 is 1.16 bits per heavy atom. The first-order chi connectivity index (χ1) is 18.5. The van der Waals surface area contributed by atoms with Gasteiger partial charge in [-0.1, -0.05) is 67.1 Å². The largest absolute Gasteiger partial charge is 0.369 e. The average molecular weight is 525 g/mol. The number of nitriles is 1. The highest BCUT2D eigenvalue weighted by Gasteiger charge is 2.17. The number of tetrazole rings is 1. The van der Waals surface area contributed by atoms with E-state index in [2.05, 4.69) is 67.4 Å². The number of aliphatic imine (C=N–C) groups is 1. The molecule has 5 rings (SSSR count). The summed E-state index contributed by atoms with van der Waals surface area (Å²) in [5, 5.41) is 23.7. The van der Waals surface area contributed by atoms with Crippen molar-refractivity contribution in [2.45, 2.75) is 26.3 Å². The van der Waals surface area contributed by atoms with Crippen molar-refractivity contribution in [3.8, 4) is 28.7 Å². The van der Waals surface area contributed by atoms with Crippen LogP contribution in [0.15, 0.2) is 65.7 Å². The number of hydrogen-bond acceptors (Lipinski definition) is 6. The van der Waals surface area contributed by atoms with Gasteiger partial charge < -0.3 is 15.2 Å². The van der Waals surface area contributed by atoms with E-state index in [9.17, 15) is 0 Å². The summed E-state index contributed by atoms with van der Waals surface area (Å²) < 4.78 is 2.18. The standard InChI is InChI=1S/C27H25ClN10/c1-3-6-24-32-25-22(28)13-19(37(2)27(30)31-16-29)14-23(25)38(24)15-17-9-11-18(12-10-17)20-7-4-5-8-21(20)26-33-35-36-34-26/h4-5,7-14H,3,6,15H2,1-2H3,(H2,30,31)(H,33,34,35,36). The Balaban J connectivity index is 1.52. The van der Waals surface area contributed by atoms with Crippen LogP contribution in [0.3, 0.4) is 0 Å². The molecule has 0 aliphatic heterocycles. The maximum atomic E-state index is 8.89. The second-order valence-electron chi connectivity index (χ2n) is 8.78. The summed E-state index contributed by atoms with van der Waals surface area (Å²) in [4.78, 5) is 10.1. The normalized spacial score (nSPS) is 11.6. The fraction of sp³-hybridized carbons (Fsp3) is 0.185. The van der Waals surface area contributed by atoms with Crippen molar-refractivity contribution < 1.29 is 0 Å². The Morgan fingerprint density at radius 2 is 1.92 bits per heavy atom. The molecular formula is C27H25ClN10. The quantitative estimate of drug-likeness (QED) is 0.178. The fourth-order valence-corrected chi connectivity index (χ4v) is 4.70. The molecule has 0 bridgehead atoms. The van der Waals surface area contributed by atoms with Crippen molar-refractivity contribution in [3.05, 3.63) is 77.1 Å². The third-order valence-electron chi connectivity index (χ3n) is 6.37. The van der Waals surface area contributed by atoms with E-state index in [1.165, 1.54) is 0 Å². The number of aromatic nitrogens is 6. The highest BCUT2D eigenvalue weighted by Crippen LogP contribution is 2.32. The smallest absolute Gasteiger partial charge is 0.211 e. The summed E-state index contributed by atoms with van der Waals surface area (Å²) in [6.45, 7) is 2.74. The molecule has 3 N–H and O–H groups in total. The summed E-state index contributed by atoms with van der Waals surface area (Å²) >= 11 is 6.66. The average Bonchev–Trinajstić information content (AvgIpc) is 3.58. The summed E-state index contributed by atoms with van der Waals surface area (Å²) in [5.41, 5.74) is 12.4. The number of fused-ring (bicyclic) bond motifs is 1. The van der Waals surface area contributed by atoms with Crippen LogP contribution in [0.5, 0.6) is 0 Å². The molecule has 38 heavy (non-hydrogen) atoms. The van der Waals surface area contributed by atoms with Gasteiger partial charge in [0.1, 0.15) is 11.3 Å². The third-order valence-corrected chi connectivity index (χ3v) is 6.66.